The van der Waals surface area contributed by atoms with Crippen molar-refractivity contribution in [2.24, 2.45) is 0 Å². The Hall–Kier alpha value is -1.56. The molecule has 98 valence electrons. The highest BCUT2D eigenvalue weighted by Crippen LogP contribution is 1.91. The van der Waals surface area contributed by atoms with Gasteiger partial charge in [-0.05, 0) is 13.8 Å². The molecule has 0 aromatic heterocycles. The summed E-state index contributed by atoms with van der Waals surface area (Å²) in [4.78, 5) is 21.8. The molecule has 6 nitrogen and oxygen atoms in total. The van der Waals surface area contributed by atoms with Crippen LogP contribution in [0, 0.1) is 0 Å². The van der Waals surface area contributed by atoms with Crippen LogP contribution < -0.4 is 5.32 Å². The lowest BCUT2D eigenvalue weighted by Gasteiger charge is -2.07. The Labute approximate surface area is 101 Å². The van der Waals surface area contributed by atoms with Crippen molar-refractivity contribution in [1.82, 2.24) is 5.32 Å². The maximum atomic E-state index is 10.9. The normalized spacial score (nSPS) is 9.53. The number of carbonyl (C=O) groups is 2. The van der Waals surface area contributed by atoms with E-state index in [1.807, 2.05) is 0 Å². The summed E-state index contributed by atoms with van der Waals surface area (Å²) in [6.07, 6.45) is -0.468. The molecule has 0 aliphatic rings. The summed E-state index contributed by atoms with van der Waals surface area (Å²) >= 11 is 0. The first-order valence-electron chi connectivity index (χ1n) is 5.39. The van der Waals surface area contributed by atoms with E-state index in [0.717, 1.165) is 0 Å². The quantitative estimate of drug-likeness (QED) is 0.390. The molecule has 0 saturated heterocycles. The van der Waals surface area contributed by atoms with Crippen LogP contribution in [-0.2, 0) is 19.0 Å². The van der Waals surface area contributed by atoms with E-state index >= 15 is 0 Å². The number of amides is 1. The van der Waals surface area contributed by atoms with Crippen LogP contribution in [0.1, 0.15) is 13.8 Å². The summed E-state index contributed by atoms with van der Waals surface area (Å²) in [5.41, 5.74) is 0.356. The fourth-order valence-electron chi connectivity index (χ4n) is 0.826. The number of carbonyl (C=O) groups excluding carboxylic acids is 2. The van der Waals surface area contributed by atoms with Crippen LogP contribution in [0.3, 0.4) is 0 Å². The molecule has 1 amide bonds. The zero-order chi connectivity index (χ0) is 13.1. The second-order valence-corrected chi connectivity index (χ2v) is 3.18. The van der Waals surface area contributed by atoms with Gasteiger partial charge in [-0.3, -0.25) is 0 Å². The Morgan fingerprint density at radius 1 is 1.18 bits per heavy atom. The molecule has 0 fully saturated rings. The van der Waals surface area contributed by atoms with Crippen molar-refractivity contribution in [1.29, 1.82) is 0 Å². The van der Waals surface area contributed by atoms with Gasteiger partial charge in [-0.25, -0.2) is 9.59 Å². The van der Waals surface area contributed by atoms with Crippen LogP contribution in [0.25, 0.3) is 0 Å². The molecule has 0 radical (unpaired) electrons. The van der Waals surface area contributed by atoms with E-state index in [2.05, 4.69) is 16.6 Å². The third-order valence-corrected chi connectivity index (χ3v) is 1.60. The van der Waals surface area contributed by atoms with Gasteiger partial charge in [0.2, 0.25) is 0 Å². The first-order chi connectivity index (χ1) is 8.07. The first-order valence-corrected chi connectivity index (χ1v) is 5.39. The Morgan fingerprint density at radius 3 is 2.47 bits per heavy atom. The van der Waals surface area contributed by atoms with Gasteiger partial charge in [-0.2, -0.15) is 0 Å². The monoisotopic (exact) mass is 245 g/mol. The van der Waals surface area contributed by atoms with Gasteiger partial charge < -0.3 is 19.5 Å². The second kappa shape index (κ2) is 9.65. The molecule has 0 atom stereocenters. The van der Waals surface area contributed by atoms with Crippen LogP contribution in [0.2, 0.25) is 0 Å². The van der Waals surface area contributed by atoms with Crippen molar-refractivity contribution in [2.75, 3.05) is 33.0 Å². The largest absolute Gasteiger partial charge is 0.460 e. The number of ether oxygens (including phenoxy) is 3. The Morgan fingerprint density at radius 2 is 1.88 bits per heavy atom. The lowest BCUT2D eigenvalue weighted by atomic mass is 10.4. The van der Waals surface area contributed by atoms with E-state index in [0.29, 0.717) is 25.3 Å². The Balaban J connectivity index is 3.27. The molecule has 0 unspecified atom stereocenters. The highest BCUT2D eigenvalue weighted by atomic mass is 16.6. The maximum absolute atomic E-state index is 10.9. The number of nitrogens with one attached hydrogen (secondary N) is 1. The van der Waals surface area contributed by atoms with Crippen LogP contribution in [-0.4, -0.2) is 45.0 Å². The highest BCUT2D eigenvalue weighted by Gasteiger charge is 2.02. The number of alkyl carbamates (subject to hydrolysis) is 1. The minimum absolute atomic E-state index is 0.172. The molecule has 0 aromatic rings. The summed E-state index contributed by atoms with van der Waals surface area (Å²) in [5, 5.41) is 2.49. The van der Waals surface area contributed by atoms with Gasteiger partial charge in [-0.1, -0.05) is 6.58 Å². The fourth-order valence-corrected chi connectivity index (χ4v) is 0.826. The third kappa shape index (κ3) is 9.37. The molecule has 0 saturated carbocycles. The maximum Gasteiger partial charge on any atom is 0.407 e. The molecule has 0 heterocycles. The van der Waals surface area contributed by atoms with Crippen LogP contribution >= 0.6 is 0 Å². The summed E-state index contributed by atoms with van der Waals surface area (Å²) in [5.74, 6) is -0.432. The van der Waals surface area contributed by atoms with Crippen molar-refractivity contribution in [3.63, 3.8) is 0 Å². The average Bonchev–Trinajstić information content (AvgIpc) is 2.27. The minimum Gasteiger partial charge on any atom is -0.460 e. The molecule has 6 heteroatoms. The molecule has 1 N–H and O–H groups in total. The molecular weight excluding hydrogens is 226 g/mol. The summed E-state index contributed by atoms with van der Waals surface area (Å²) < 4.78 is 14.6. The summed E-state index contributed by atoms with van der Waals surface area (Å²) in [6.45, 7) is 8.23. The lowest BCUT2D eigenvalue weighted by Crippen LogP contribution is -2.28. The van der Waals surface area contributed by atoms with Gasteiger partial charge in [0.1, 0.15) is 6.61 Å². The van der Waals surface area contributed by atoms with Crippen molar-refractivity contribution in [3.05, 3.63) is 12.2 Å². The van der Waals surface area contributed by atoms with Crippen molar-refractivity contribution >= 4 is 12.1 Å². The molecular formula is C11H19NO5. The molecule has 0 aliphatic heterocycles. The average molecular weight is 245 g/mol. The second-order valence-electron chi connectivity index (χ2n) is 3.18. The van der Waals surface area contributed by atoms with E-state index in [-0.39, 0.29) is 13.2 Å². The summed E-state index contributed by atoms with van der Waals surface area (Å²) in [6, 6.07) is 0. The van der Waals surface area contributed by atoms with E-state index in [1.54, 1.807) is 13.8 Å². The van der Waals surface area contributed by atoms with Gasteiger partial charge in [-0.15, -0.1) is 0 Å². The summed E-state index contributed by atoms with van der Waals surface area (Å²) in [7, 11) is 0. The van der Waals surface area contributed by atoms with Crippen LogP contribution in [0.5, 0.6) is 0 Å². The van der Waals surface area contributed by atoms with Crippen molar-refractivity contribution in [3.8, 4) is 0 Å². The molecule has 0 aliphatic carbocycles. The zero-order valence-electron chi connectivity index (χ0n) is 10.3. The SMILES string of the molecule is C=C(C)C(=O)OCCOCCNC(=O)OCC. The van der Waals surface area contributed by atoms with Gasteiger partial charge >= 0.3 is 12.1 Å². The first kappa shape index (κ1) is 15.4. The Kier molecular flexibility index (Phi) is 8.77. The van der Waals surface area contributed by atoms with E-state index < -0.39 is 12.1 Å². The fraction of sp³-hybridized carbons (Fsp3) is 0.636. The molecule has 17 heavy (non-hydrogen) atoms. The predicted octanol–water partition coefficient (Wildman–Crippen LogP) is 0.868. The smallest absolute Gasteiger partial charge is 0.407 e. The molecule has 0 spiro atoms. The van der Waals surface area contributed by atoms with Gasteiger partial charge in [0.15, 0.2) is 0 Å². The van der Waals surface area contributed by atoms with E-state index in [1.165, 1.54) is 0 Å². The topological polar surface area (TPSA) is 73.9 Å². The zero-order valence-corrected chi connectivity index (χ0v) is 10.3. The molecule has 0 rings (SSSR count). The van der Waals surface area contributed by atoms with Gasteiger partial charge in [0.05, 0.1) is 19.8 Å². The number of rotatable bonds is 8. The third-order valence-electron chi connectivity index (χ3n) is 1.60. The standard InChI is InChI=1S/C11H19NO5/c1-4-16-11(14)12-5-6-15-7-8-17-10(13)9(2)3/h2,4-8H2,1,3H3,(H,12,14). The number of hydrogen-bond donors (Lipinski definition) is 1. The number of hydrogen-bond acceptors (Lipinski definition) is 5. The van der Waals surface area contributed by atoms with Gasteiger partial charge in [0.25, 0.3) is 0 Å². The van der Waals surface area contributed by atoms with Crippen molar-refractivity contribution in [2.45, 2.75) is 13.8 Å². The van der Waals surface area contributed by atoms with Crippen LogP contribution in [0.15, 0.2) is 12.2 Å². The van der Waals surface area contributed by atoms with Crippen molar-refractivity contribution < 1.29 is 23.8 Å². The molecule has 0 bridgehead atoms. The highest BCUT2D eigenvalue weighted by molar-refractivity contribution is 5.86. The van der Waals surface area contributed by atoms with Crippen LogP contribution in [0.4, 0.5) is 4.79 Å². The Bertz CT molecular complexity index is 265. The lowest BCUT2D eigenvalue weighted by molar-refractivity contribution is -0.140. The minimum atomic E-state index is -0.468. The predicted molar refractivity (Wildman–Crippen MR) is 61.6 cm³/mol. The molecule has 0 aromatic carbocycles. The van der Waals surface area contributed by atoms with E-state index in [4.69, 9.17) is 9.47 Å². The number of esters is 1. The van der Waals surface area contributed by atoms with Gasteiger partial charge in [0, 0.05) is 12.1 Å². The van der Waals surface area contributed by atoms with E-state index in [9.17, 15) is 9.59 Å².